The van der Waals surface area contributed by atoms with Crippen LogP contribution in [0.1, 0.15) is 0 Å². The highest BCUT2D eigenvalue weighted by Crippen LogP contribution is 2.48. The van der Waals surface area contributed by atoms with E-state index in [1.807, 2.05) is 18.2 Å². The zero-order chi connectivity index (χ0) is 21.3. The van der Waals surface area contributed by atoms with Gasteiger partial charge in [0, 0.05) is 26.8 Å². The zero-order valence-electron chi connectivity index (χ0n) is 17.4. The minimum Gasteiger partial charge on any atom is -0.455 e. The molecule has 0 bridgehead atoms. The zero-order valence-corrected chi connectivity index (χ0v) is 18.2. The first-order chi connectivity index (χ1) is 15.9. The Labute approximate surface area is 191 Å². The third-order valence-electron chi connectivity index (χ3n) is 5.74. The molecule has 0 aliphatic heterocycles. The molecule has 0 atom stereocenters. The summed E-state index contributed by atoms with van der Waals surface area (Å²) in [5, 5.41) is 2.48. The van der Waals surface area contributed by atoms with Crippen molar-refractivity contribution in [3.05, 3.63) is 121 Å². The topological polar surface area (TPSA) is 13.1 Å². The molecule has 6 rings (SSSR count). The highest BCUT2D eigenvalue weighted by atomic mass is 32.1. The molecule has 0 aliphatic carbocycles. The maximum absolute atomic E-state index is 6.61. The van der Waals surface area contributed by atoms with Gasteiger partial charge in [0.2, 0.25) is 0 Å². The Morgan fingerprint density at radius 3 is 1.59 bits per heavy atom. The molecular formula is C30H20OS. The number of furan rings is 1. The van der Waals surface area contributed by atoms with Crippen LogP contribution in [0.2, 0.25) is 0 Å². The van der Waals surface area contributed by atoms with E-state index in [0.717, 1.165) is 28.2 Å². The number of hydrogen-bond acceptors (Lipinski definition) is 2. The van der Waals surface area contributed by atoms with E-state index in [-0.39, 0.29) is 0 Å². The molecule has 6 aromatic rings. The molecule has 0 aliphatic rings. The first-order valence-electron chi connectivity index (χ1n) is 10.7. The molecule has 1 nitrogen and oxygen atoms in total. The third kappa shape index (κ3) is 3.26. The van der Waals surface area contributed by atoms with Crippen LogP contribution < -0.4 is 0 Å². The van der Waals surface area contributed by atoms with Crippen molar-refractivity contribution in [2.24, 2.45) is 0 Å². The van der Waals surface area contributed by atoms with E-state index >= 15 is 0 Å². The average molecular weight is 429 g/mol. The molecule has 2 heterocycles. The second kappa shape index (κ2) is 7.99. The van der Waals surface area contributed by atoms with Crippen LogP contribution >= 0.6 is 11.3 Å². The van der Waals surface area contributed by atoms with Crippen LogP contribution in [0.5, 0.6) is 0 Å². The van der Waals surface area contributed by atoms with E-state index in [1.165, 1.54) is 26.1 Å². The summed E-state index contributed by atoms with van der Waals surface area (Å²) in [5.41, 5.74) is 4.60. The summed E-state index contributed by atoms with van der Waals surface area (Å²) in [5.74, 6) is 1.82. The number of fused-ring (bicyclic) bond motifs is 1. The Balaban J connectivity index is 1.63. The largest absolute Gasteiger partial charge is 0.455 e. The molecule has 0 unspecified atom stereocenters. The van der Waals surface area contributed by atoms with E-state index in [4.69, 9.17) is 4.42 Å². The molecule has 0 amide bonds. The Hall–Kier alpha value is -3.88. The number of rotatable bonds is 4. The summed E-state index contributed by atoms with van der Waals surface area (Å²) >= 11 is 1.80. The normalized spacial score (nSPS) is 11.1. The first kappa shape index (κ1) is 18.9. The lowest BCUT2D eigenvalue weighted by molar-refractivity contribution is 0.600. The van der Waals surface area contributed by atoms with Crippen molar-refractivity contribution in [3.8, 4) is 43.5 Å². The molecule has 4 aromatic carbocycles. The molecule has 0 saturated carbocycles. The van der Waals surface area contributed by atoms with Gasteiger partial charge in [-0.25, -0.2) is 0 Å². The molecular weight excluding hydrogens is 408 g/mol. The summed E-state index contributed by atoms with van der Waals surface area (Å²) < 4.78 is 6.61. The van der Waals surface area contributed by atoms with Crippen LogP contribution in [0.3, 0.4) is 0 Å². The lowest BCUT2D eigenvalue weighted by Crippen LogP contribution is -1.77. The van der Waals surface area contributed by atoms with Gasteiger partial charge < -0.3 is 4.42 Å². The van der Waals surface area contributed by atoms with Gasteiger partial charge in [0.05, 0.1) is 4.88 Å². The van der Waals surface area contributed by atoms with Crippen LogP contribution in [0.4, 0.5) is 0 Å². The minimum atomic E-state index is 0.887. The fourth-order valence-electron chi connectivity index (χ4n) is 4.20. The van der Waals surface area contributed by atoms with Crippen molar-refractivity contribution < 1.29 is 4.42 Å². The van der Waals surface area contributed by atoms with Crippen LogP contribution in [0, 0.1) is 0 Å². The summed E-state index contributed by atoms with van der Waals surface area (Å²) in [6.45, 7) is 0. The molecule has 152 valence electrons. The molecule has 32 heavy (non-hydrogen) atoms. The second-order valence-corrected chi connectivity index (χ2v) is 8.78. The summed E-state index contributed by atoms with van der Waals surface area (Å²) in [4.78, 5) is 2.44. The number of hydrogen-bond donors (Lipinski definition) is 0. The Kier molecular flexibility index (Phi) is 4.71. The van der Waals surface area contributed by atoms with E-state index in [0.29, 0.717) is 0 Å². The summed E-state index contributed by atoms with van der Waals surface area (Å²) in [6.07, 6.45) is 0. The van der Waals surface area contributed by atoms with E-state index in [1.54, 1.807) is 11.3 Å². The molecule has 2 heteroatoms. The highest BCUT2D eigenvalue weighted by Gasteiger charge is 2.21. The van der Waals surface area contributed by atoms with Gasteiger partial charge in [-0.15, -0.1) is 11.3 Å². The first-order valence-corrected chi connectivity index (χ1v) is 11.5. The minimum absolute atomic E-state index is 0.887. The lowest BCUT2D eigenvalue weighted by Gasteiger charge is -2.02. The Morgan fingerprint density at radius 2 is 0.969 bits per heavy atom. The predicted molar refractivity (Wildman–Crippen MR) is 136 cm³/mol. The van der Waals surface area contributed by atoms with Gasteiger partial charge in [0.15, 0.2) is 5.76 Å². The summed E-state index contributed by atoms with van der Waals surface area (Å²) in [6, 6.07) is 42.3. The summed E-state index contributed by atoms with van der Waals surface area (Å²) in [7, 11) is 0. The van der Waals surface area contributed by atoms with Gasteiger partial charge >= 0.3 is 0 Å². The van der Waals surface area contributed by atoms with Crippen LogP contribution in [0.25, 0.3) is 54.3 Å². The molecule has 0 saturated heterocycles. The number of thiophene rings is 1. The van der Waals surface area contributed by atoms with Crippen molar-refractivity contribution in [2.45, 2.75) is 0 Å². The molecule has 0 N–H and O–H groups in total. The average Bonchev–Trinajstić information content (AvgIpc) is 3.48. The van der Waals surface area contributed by atoms with Crippen LogP contribution in [0.15, 0.2) is 126 Å². The van der Waals surface area contributed by atoms with Gasteiger partial charge in [0.1, 0.15) is 5.76 Å². The van der Waals surface area contributed by atoms with E-state index in [2.05, 4.69) is 103 Å². The van der Waals surface area contributed by atoms with Gasteiger partial charge in [-0.2, -0.15) is 0 Å². The van der Waals surface area contributed by atoms with Gasteiger partial charge in [-0.1, -0.05) is 115 Å². The van der Waals surface area contributed by atoms with Crippen molar-refractivity contribution in [1.82, 2.24) is 0 Å². The van der Waals surface area contributed by atoms with Gasteiger partial charge in [0.25, 0.3) is 0 Å². The van der Waals surface area contributed by atoms with Crippen molar-refractivity contribution in [2.75, 3.05) is 0 Å². The van der Waals surface area contributed by atoms with Crippen molar-refractivity contribution >= 4 is 22.1 Å². The SMILES string of the molecule is c1ccc(-c2cc(-c3ccccc3)c(-c3sc(-c4ccccc4)c4ccccc34)o2)cc1. The molecule has 0 spiro atoms. The third-order valence-corrected chi connectivity index (χ3v) is 7.01. The van der Waals surface area contributed by atoms with Crippen LogP contribution in [-0.4, -0.2) is 0 Å². The van der Waals surface area contributed by atoms with Crippen LogP contribution in [-0.2, 0) is 0 Å². The Morgan fingerprint density at radius 1 is 0.469 bits per heavy atom. The maximum Gasteiger partial charge on any atom is 0.153 e. The monoisotopic (exact) mass is 428 g/mol. The standard InChI is InChI=1S/C30H20OS/c1-4-12-21(13-5-1)26-20-27(22-14-6-2-7-15-22)31-28(26)30-25-19-11-10-18-24(25)29(32-30)23-16-8-3-9-17-23/h1-20H. The highest BCUT2D eigenvalue weighted by molar-refractivity contribution is 7.21. The maximum atomic E-state index is 6.61. The number of benzene rings is 4. The van der Waals surface area contributed by atoms with E-state index in [9.17, 15) is 0 Å². The van der Waals surface area contributed by atoms with Gasteiger partial charge in [-0.3, -0.25) is 0 Å². The van der Waals surface area contributed by atoms with Crippen molar-refractivity contribution in [1.29, 1.82) is 0 Å². The fourth-order valence-corrected chi connectivity index (χ4v) is 5.48. The smallest absolute Gasteiger partial charge is 0.153 e. The lowest BCUT2D eigenvalue weighted by atomic mass is 10.0. The van der Waals surface area contributed by atoms with Crippen molar-refractivity contribution in [3.63, 3.8) is 0 Å². The molecule has 2 aromatic heterocycles. The molecule has 0 fully saturated rings. The van der Waals surface area contributed by atoms with Gasteiger partial charge in [-0.05, 0) is 17.2 Å². The van der Waals surface area contributed by atoms with E-state index < -0.39 is 0 Å². The predicted octanol–water partition coefficient (Wildman–Crippen LogP) is 9.16. The molecule has 0 radical (unpaired) electrons. The second-order valence-electron chi connectivity index (χ2n) is 7.76. The quantitative estimate of drug-likeness (QED) is 0.273. The fraction of sp³-hybridized carbons (Fsp3) is 0. The Bertz CT molecular complexity index is 1490.